The number of ether oxygens (including phenoxy) is 1. The van der Waals surface area contributed by atoms with E-state index in [4.69, 9.17) is 4.74 Å². The highest BCUT2D eigenvalue weighted by Crippen LogP contribution is 2.42. The van der Waals surface area contributed by atoms with Crippen LogP contribution in [0.3, 0.4) is 0 Å². The lowest BCUT2D eigenvalue weighted by atomic mass is 9.81. The summed E-state index contributed by atoms with van der Waals surface area (Å²) in [6.45, 7) is 8.25. The van der Waals surface area contributed by atoms with Gasteiger partial charge in [-0.3, -0.25) is 9.88 Å². The van der Waals surface area contributed by atoms with E-state index < -0.39 is 0 Å². The number of pyridine rings is 1. The van der Waals surface area contributed by atoms with Gasteiger partial charge in [-0.1, -0.05) is 6.07 Å². The Bertz CT molecular complexity index is 477. The summed E-state index contributed by atoms with van der Waals surface area (Å²) < 4.78 is 5.76. The largest absolute Gasteiger partial charge is 0.380 e. The molecule has 0 N–H and O–H groups in total. The Morgan fingerprint density at radius 2 is 2.30 bits per heavy atom. The lowest BCUT2D eigenvalue weighted by molar-refractivity contribution is 0.109. The molecule has 1 aromatic heterocycles. The summed E-state index contributed by atoms with van der Waals surface area (Å²) in [7, 11) is 4.32. The Morgan fingerprint density at radius 1 is 1.45 bits per heavy atom. The minimum absolute atomic E-state index is 0.327. The van der Waals surface area contributed by atoms with Crippen molar-refractivity contribution in [2.75, 3.05) is 46.9 Å². The van der Waals surface area contributed by atoms with E-state index in [9.17, 15) is 0 Å². The van der Waals surface area contributed by atoms with Crippen molar-refractivity contribution < 1.29 is 4.74 Å². The molecule has 0 unspecified atom stereocenters. The molecule has 0 amide bonds. The van der Waals surface area contributed by atoms with Crippen molar-refractivity contribution in [1.82, 2.24) is 14.8 Å². The van der Waals surface area contributed by atoms with Crippen LogP contribution in [0.4, 0.5) is 0 Å². The zero-order chi connectivity index (χ0) is 14.2. The van der Waals surface area contributed by atoms with E-state index in [1.807, 2.05) is 0 Å². The molecular formula is C16H25N3O. The van der Waals surface area contributed by atoms with E-state index in [-0.39, 0.29) is 0 Å². The van der Waals surface area contributed by atoms with Gasteiger partial charge in [-0.2, -0.15) is 0 Å². The standard InChI is InChI=1S/C16H25N3O/c1-13-5-4-6-15(17-13)8-19-7-14-9-20-12-16(14,11-19)10-18(2)3/h4-6,14H,7-12H2,1-3H3/t14-,16+/m1/s1. The molecule has 1 aromatic rings. The summed E-state index contributed by atoms with van der Waals surface area (Å²) in [5.41, 5.74) is 2.62. The molecule has 3 heterocycles. The Kier molecular flexibility index (Phi) is 3.80. The molecule has 0 aromatic carbocycles. The summed E-state index contributed by atoms with van der Waals surface area (Å²) >= 11 is 0. The molecule has 0 spiro atoms. The van der Waals surface area contributed by atoms with Crippen molar-refractivity contribution in [1.29, 1.82) is 0 Å². The first-order valence-electron chi connectivity index (χ1n) is 7.45. The van der Waals surface area contributed by atoms with Gasteiger partial charge in [-0.05, 0) is 33.2 Å². The number of nitrogens with zero attached hydrogens (tertiary/aromatic N) is 3. The van der Waals surface area contributed by atoms with E-state index in [1.54, 1.807) is 0 Å². The molecule has 0 radical (unpaired) electrons. The fraction of sp³-hybridized carbons (Fsp3) is 0.688. The predicted octanol–water partition coefficient (Wildman–Crippen LogP) is 1.40. The minimum atomic E-state index is 0.327. The summed E-state index contributed by atoms with van der Waals surface area (Å²) in [5, 5.41) is 0. The molecule has 2 fully saturated rings. The minimum Gasteiger partial charge on any atom is -0.380 e. The molecule has 4 heteroatoms. The van der Waals surface area contributed by atoms with Gasteiger partial charge in [-0.25, -0.2) is 0 Å². The molecule has 0 saturated carbocycles. The summed E-state index contributed by atoms with van der Waals surface area (Å²) in [6, 6.07) is 6.30. The van der Waals surface area contributed by atoms with Crippen LogP contribution in [-0.2, 0) is 11.3 Å². The van der Waals surface area contributed by atoms with Crippen molar-refractivity contribution in [2.45, 2.75) is 13.5 Å². The predicted molar refractivity (Wildman–Crippen MR) is 79.5 cm³/mol. The van der Waals surface area contributed by atoms with Crippen molar-refractivity contribution in [2.24, 2.45) is 11.3 Å². The van der Waals surface area contributed by atoms with Crippen LogP contribution in [0.25, 0.3) is 0 Å². The van der Waals surface area contributed by atoms with Gasteiger partial charge in [0.2, 0.25) is 0 Å². The molecule has 3 rings (SSSR count). The molecule has 2 aliphatic rings. The molecule has 0 bridgehead atoms. The molecule has 2 atom stereocenters. The van der Waals surface area contributed by atoms with Gasteiger partial charge in [0, 0.05) is 43.2 Å². The third kappa shape index (κ3) is 2.73. The van der Waals surface area contributed by atoms with Gasteiger partial charge in [0.15, 0.2) is 0 Å². The quantitative estimate of drug-likeness (QED) is 0.830. The van der Waals surface area contributed by atoms with Gasteiger partial charge in [0.05, 0.1) is 18.9 Å². The second kappa shape index (κ2) is 5.43. The lowest BCUT2D eigenvalue weighted by Gasteiger charge is -2.30. The van der Waals surface area contributed by atoms with Gasteiger partial charge >= 0.3 is 0 Å². The molecule has 20 heavy (non-hydrogen) atoms. The van der Waals surface area contributed by atoms with Gasteiger partial charge in [-0.15, -0.1) is 0 Å². The van der Waals surface area contributed by atoms with Crippen LogP contribution in [-0.4, -0.2) is 61.7 Å². The van der Waals surface area contributed by atoms with Crippen LogP contribution in [0, 0.1) is 18.3 Å². The average Bonchev–Trinajstić information content (AvgIpc) is 2.83. The van der Waals surface area contributed by atoms with Crippen molar-refractivity contribution in [3.05, 3.63) is 29.6 Å². The summed E-state index contributed by atoms with van der Waals surface area (Å²) in [6.07, 6.45) is 0. The number of aromatic nitrogens is 1. The maximum absolute atomic E-state index is 5.76. The number of fused-ring (bicyclic) bond motifs is 1. The first-order chi connectivity index (χ1) is 9.57. The fourth-order valence-corrected chi connectivity index (χ4v) is 3.83. The lowest BCUT2D eigenvalue weighted by Crippen LogP contribution is -2.40. The molecule has 2 aliphatic heterocycles. The van der Waals surface area contributed by atoms with E-state index >= 15 is 0 Å². The highest BCUT2D eigenvalue weighted by atomic mass is 16.5. The van der Waals surface area contributed by atoms with Crippen LogP contribution in [0.1, 0.15) is 11.4 Å². The number of likely N-dealkylation sites (tertiary alicyclic amines) is 1. The van der Waals surface area contributed by atoms with Crippen LogP contribution in [0.15, 0.2) is 18.2 Å². The topological polar surface area (TPSA) is 28.6 Å². The van der Waals surface area contributed by atoms with Crippen LogP contribution < -0.4 is 0 Å². The monoisotopic (exact) mass is 275 g/mol. The second-order valence-electron chi connectivity index (χ2n) is 6.75. The van der Waals surface area contributed by atoms with E-state index in [0.29, 0.717) is 11.3 Å². The van der Waals surface area contributed by atoms with Crippen molar-refractivity contribution in [3.63, 3.8) is 0 Å². The third-order valence-corrected chi connectivity index (χ3v) is 4.55. The number of aryl methyl sites for hydroxylation is 1. The Hall–Kier alpha value is -0.970. The summed E-state index contributed by atoms with van der Waals surface area (Å²) in [4.78, 5) is 9.49. The maximum Gasteiger partial charge on any atom is 0.0551 e. The van der Waals surface area contributed by atoms with Crippen LogP contribution in [0.2, 0.25) is 0 Å². The highest BCUT2D eigenvalue weighted by molar-refractivity contribution is 5.11. The SMILES string of the molecule is Cc1cccc(CN2C[C@@H]3COC[C@]3(CN(C)C)C2)n1. The van der Waals surface area contributed by atoms with E-state index in [1.165, 1.54) is 5.69 Å². The Labute approximate surface area is 121 Å². The van der Waals surface area contributed by atoms with E-state index in [0.717, 1.165) is 45.1 Å². The molecular weight excluding hydrogens is 250 g/mol. The third-order valence-electron chi connectivity index (χ3n) is 4.55. The fourth-order valence-electron chi connectivity index (χ4n) is 3.83. The maximum atomic E-state index is 5.76. The van der Waals surface area contributed by atoms with Crippen molar-refractivity contribution >= 4 is 0 Å². The first-order valence-corrected chi connectivity index (χ1v) is 7.45. The Balaban J connectivity index is 1.69. The smallest absolute Gasteiger partial charge is 0.0551 e. The van der Waals surface area contributed by atoms with Crippen molar-refractivity contribution in [3.8, 4) is 0 Å². The number of hydrogen-bond donors (Lipinski definition) is 0. The molecule has 0 aliphatic carbocycles. The van der Waals surface area contributed by atoms with Gasteiger partial charge < -0.3 is 9.64 Å². The summed E-state index contributed by atoms with van der Waals surface area (Å²) in [5.74, 6) is 0.676. The molecule has 110 valence electrons. The second-order valence-corrected chi connectivity index (χ2v) is 6.75. The molecule has 4 nitrogen and oxygen atoms in total. The first kappa shape index (κ1) is 14.0. The van der Waals surface area contributed by atoms with Crippen LogP contribution >= 0.6 is 0 Å². The Morgan fingerprint density at radius 3 is 3.05 bits per heavy atom. The van der Waals surface area contributed by atoms with E-state index in [2.05, 4.69) is 54.0 Å². The molecule has 2 saturated heterocycles. The highest BCUT2D eigenvalue weighted by Gasteiger charge is 2.50. The zero-order valence-corrected chi connectivity index (χ0v) is 12.8. The average molecular weight is 275 g/mol. The van der Waals surface area contributed by atoms with Gasteiger partial charge in [0.25, 0.3) is 0 Å². The van der Waals surface area contributed by atoms with Gasteiger partial charge in [0.1, 0.15) is 0 Å². The zero-order valence-electron chi connectivity index (χ0n) is 12.8. The normalized spacial score (nSPS) is 30.1. The number of hydrogen-bond acceptors (Lipinski definition) is 4. The van der Waals surface area contributed by atoms with Crippen LogP contribution in [0.5, 0.6) is 0 Å². The number of rotatable bonds is 4.